The fourth-order valence-electron chi connectivity index (χ4n) is 2.62. The highest BCUT2D eigenvalue weighted by Crippen LogP contribution is 2.39. The van der Waals surface area contributed by atoms with E-state index in [9.17, 15) is 19.5 Å². The predicted molar refractivity (Wildman–Crippen MR) is 125 cm³/mol. The van der Waals surface area contributed by atoms with Crippen molar-refractivity contribution >= 4 is 57.8 Å². The third-order valence-electron chi connectivity index (χ3n) is 4.26. The molecule has 11 heteroatoms. The third kappa shape index (κ3) is 5.72. The van der Waals surface area contributed by atoms with E-state index in [1.54, 1.807) is 36.6 Å². The number of benzene rings is 1. The van der Waals surface area contributed by atoms with Crippen molar-refractivity contribution < 1.29 is 24.6 Å². The Morgan fingerprint density at radius 2 is 1.72 bits per heavy atom. The number of nitrogens with one attached hydrogen (secondary N) is 2. The Kier molecular flexibility index (Phi) is 7.62. The van der Waals surface area contributed by atoms with Gasteiger partial charge < -0.3 is 15.5 Å². The molecule has 0 aliphatic rings. The van der Waals surface area contributed by atoms with E-state index in [4.69, 9.17) is 16.7 Å². The molecule has 0 saturated carbocycles. The first-order valence-corrected chi connectivity index (χ1v) is 11.3. The molecule has 4 N–H and O–H groups in total. The first-order valence-electron chi connectivity index (χ1n) is 9.27. The van der Waals surface area contributed by atoms with Crippen molar-refractivity contribution in [2.24, 2.45) is 5.10 Å². The molecule has 0 aliphatic carbocycles. The molecule has 166 valence electrons. The second-order valence-electron chi connectivity index (χ2n) is 6.54. The number of carboxylic acid groups (broad SMARTS) is 1. The Bertz CT molecular complexity index is 1180. The molecule has 0 fully saturated rings. The number of halogens is 1. The summed E-state index contributed by atoms with van der Waals surface area (Å²) in [6.45, 7) is 1.66. The second kappa shape index (κ2) is 10.4. The Morgan fingerprint density at radius 3 is 2.38 bits per heavy atom. The van der Waals surface area contributed by atoms with Crippen molar-refractivity contribution in [3.63, 3.8) is 0 Å². The van der Waals surface area contributed by atoms with Crippen LogP contribution < -0.4 is 10.7 Å². The number of aromatic hydroxyl groups is 1. The van der Waals surface area contributed by atoms with Crippen LogP contribution in [0.2, 0.25) is 5.02 Å². The van der Waals surface area contributed by atoms with E-state index in [0.717, 1.165) is 16.9 Å². The number of aliphatic carboxylic acids is 1. The zero-order valence-electron chi connectivity index (χ0n) is 16.7. The van der Waals surface area contributed by atoms with E-state index in [0.29, 0.717) is 21.2 Å². The molecule has 8 nitrogen and oxygen atoms in total. The third-order valence-corrected chi connectivity index (χ3v) is 6.62. The predicted octanol–water partition coefficient (Wildman–Crippen LogP) is 4.19. The van der Waals surface area contributed by atoms with E-state index < -0.39 is 17.8 Å². The average molecular weight is 492 g/mol. The van der Waals surface area contributed by atoms with Gasteiger partial charge >= 0.3 is 5.97 Å². The monoisotopic (exact) mass is 491 g/mol. The van der Waals surface area contributed by atoms with Crippen LogP contribution >= 0.6 is 34.3 Å². The Labute approximate surface area is 196 Å². The first-order chi connectivity index (χ1) is 15.3. The number of rotatable bonds is 8. The van der Waals surface area contributed by atoms with Crippen LogP contribution in [0.4, 0.5) is 0 Å². The normalized spacial score (nSPS) is 11.2. The zero-order valence-corrected chi connectivity index (χ0v) is 19.1. The highest BCUT2D eigenvalue weighted by atomic mass is 35.5. The molecule has 2 amide bonds. The van der Waals surface area contributed by atoms with Crippen LogP contribution in [0, 0.1) is 0 Å². The van der Waals surface area contributed by atoms with Gasteiger partial charge in [-0.05, 0) is 36.8 Å². The standard InChI is InChI=1S/C21H18ClN3O5S2/c1-11(14-10-31-19(18(14)28)12-2-4-13(22)5-3-12)24-25-21(30)16-7-6-15(32-16)20(29)23-9-8-17(26)27/h2-7,10,28H,8-9H2,1H3,(H,23,29)(H,25,30)(H,26,27). The summed E-state index contributed by atoms with van der Waals surface area (Å²) >= 11 is 8.21. The molecule has 0 saturated heterocycles. The van der Waals surface area contributed by atoms with Crippen LogP contribution in [0.15, 0.2) is 46.9 Å². The average Bonchev–Trinajstić information content (AvgIpc) is 3.39. The fraction of sp³-hybridized carbons (Fsp3) is 0.143. The molecule has 0 bridgehead atoms. The van der Waals surface area contributed by atoms with Gasteiger partial charge in [-0.1, -0.05) is 23.7 Å². The van der Waals surface area contributed by atoms with Crippen molar-refractivity contribution in [3.05, 3.63) is 62.1 Å². The van der Waals surface area contributed by atoms with Crippen LogP contribution in [0.25, 0.3) is 10.4 Å². The van der Waals surface area contributed by atoms with E-state index in [2.05, 4.69) is 15.8 Å². The minimum atomic E-state index is -1.01. The fourth-order valence-corrected chi connectivity index (χ4v) is 4.57. The lowest BCUT2D eigenvalue weighted by Gasteiger charge is -2.03. The van der Waals surface area contributed by atoms with Gasteiger partial charge in [-0.15, -0.1) is 22.7 Å². The molecular weight excluding hydrogens is 474 g/mol. The van der Waals surface area contributed by atoms with Gasteiger partial charge in [0.25, 0.3) is 11.8 Å². The van der Waals surface area contributed by atoms with Gasteiger partial charge in [0.15, 0.2) is 0 Å². The maximum absolute atomic E-state index is 12.4. The molecule has 0 spiro atoms. The quantitative estimate of drug-likeness (QED) is 0.277. The summed E-state index contributed by atoms with van der Waals surface area (Å²) in [7, 11) is 0. The maximum atomic E-state index is 12.4. The van der Waals surface area contributed by atoms with E-state index in [1.165, 1.54) is 23.5 Å². The molecule has 0 atom stereocenters. The molecular formula is C21H18ClN3O5S2. The molecule has 2 heterocycles. The Morgan fingerprint density at radius 1 is 1.06 bits per heavy atom. The maximum Gasteiger partial charge on any atom is 0.305 e. The van der Waals surface area contributed by atoms with Crippen molar-refractivity contribution in [2.45, 2.75) is 13.3 Å². The summed E-state index contributed by atoms with van der Waals surface area (Å²) < 4.78 is 0. The zero-order chi connectivity index (χ0) is 23.3. The summed E-state index contributed by atoms with van der Waals surface area (Å²) in [4.78, 5) is 36.1. The first kappa shape index (κ1) is 23.5. The van der Waals surface area contributed by atoms with Crippen LogP contribution in [0.5, 0.6) is 5.75 Å². The number of hydrazone groups is 1. The topological polar surface area (TPSA) is 128 Å². The van der Waals surface area contributed by atoms with Gasteiger partial charge in [0.2, 0.25) is 0 Å². The van der Waals surface area contributed by atoms with Crippen molar-refractivity contribution in [1.82, 2.24) is 10.7 Å². The van der Waals surface area contributed by atoms with Gasteiger partial charge in [-0.3, -0.25) is 14.4 Å². The van der Waals surface area contributed by atoms with Gasteiger partial charge in [0, 0.05) is 16.9 Å². The summed E-state index contributed by atoms with van der Waals surface area (Å²) in [6.07, 6.45) is -0.187. The SMILES string of the molecule is CC(=NNC(=O)c1ccc(C(=O)NCCC(=O)O)s1)c1csc(-c2ccc(Cl)cc2)c1O. The molecule has 3 rings (SSSR count). The number of carboxylic acids is 1. The highest BCUT2D eigenvalue weighted by Gasteiger charge is 2.16. The van der Waals surface area contributed by atoms with E-state index in [1.807, 2.05) is 0 Å². The lowest BCUT2D eigenvalue weighted by Crippen LogP contribution is -2.25. The molecule has 1 aromatic carbocycles. The number of nitrogens with zero attached hydrogens (tertiary/aromatic N) is 1. The largest absolute Gasteiger partial charge is 0.506 e. The smallest absolute Gasteiger partial charge is 0.305 e. The molecule has 32 heavy (non-hydrogen) atoms. The van der Waals surface area contributed by atoms with Crippen LogP contribution in [-0.4, -0.2) is 40.3 Å². The number of amides is 2. The van der Waals surface area contributed by atoms with Crippen molar-refractivity contribution in [2.75, 3.05) is 6.54 Å². The summed E-state index contributed by atoms with van der Waals surface area (Å²) in [5.74, 6) is -1.91. The minimum absolute atomic E-state index is 0.000766. The van der Waals surface area contributed by atoms with Crippen molar-refractivity contribution in [3.8, 4) is 16.2 Å². The number of hydrogen-bond acceptors (Lipinski definition) is 7. The summed E-state index contributed by atoms with van der Waals surface area (Å²) in [6, 6.07) is 10.0. The van der Waals surface area contributed by atoms with Gasteiger partial charge in [-0.25, -0.2) is 5.43 Å². The molecule has 2 aromatic heterocycles. The highest BCUT2D eigenvalue weighted by molar-refractivity contribution is 7.16. The number of carbonyl (C=O) groups excluding carboxylic acids is 2. The van der Waals surface area contributed by atoms with Gasteiger partial charge in [-0.2, -0.15) is 5.10 Å². The lowest BCUT2D eigenvalue weighted by molar-refractivity contribution is -0.136. The van der Waals surface area contributed by atoms with Crippen LogP contribution in [0.1, 0.15) is 38.3 Å². The molecule has 0 unspecified atom stereocenters. The van der Waals surface area contributed by atoms with E-state index in [-0.39, 0.29) is 28.5 Å². The Balaban J connectivity index is 1.65. The molecule has 3 aromatic rings. The minimum Gasteiger partial charge on any atom is -0.506 e. The lowest BCUT2D eigenvalue weighted by atomic mass is 10.1. The van der Waals surface area contributed by atoms with Crippen molar-refractivity contribution in [1.29, 1.82) is 0 Å². The van der Waals surface area contributed by atoms with Crippen LogP contribution in [0.3, 0.4) is 0 Å². The summed E-state index contributed by atoms with van der Waals surface area (Å²) in [5, 5.41) is 28.1. The molecule has 0 radical (unpaired) electrons. The van der Waals surface area contributed by atoms with E-state index >= 15 is 0 Å². The summed E-state index contributed by atoms with van der Waals surface area (Å²) in [5.41, 5.74) is 4.13. The van der Waals surface area contributed by atoms with Gasteiger partial charge in [0.05, 0.1) is 32.3 Å². The number of hydrogen-bond donors (Lipinski definition) is 4. The number of thiophene rings is 2. The van der Waals surface area contributed by atoms with Gasteiger partial charge in [0.1, 0.15) is 5.75 Å². The number of carbonyl (C=O) groups is 3. The Hall–Kier alpha value is -3.21. The van der Waals surface area contributed by atoms with Crippen LogP contribution in [-0.2, 0) is 4.79 Å². The second-order valence-corrected chi connectivity index (χ2v) is 8.94. The molecule has 0 aliphatic heterocycles.